The summed E-state index contributed by atoms with van der Waals surface area (Å²) in [5.74, 6) is 0.315. The van der Waals surface area contributed by atoms with Gasteiger partial charge in [-0.25, -0.2) is 4.98 Å². The average molecular weight is 290 g/mol. The van der Waals surface area contributed by atoms with Gasteiger partial charge in [0.15, 0.2) is 0 Å². The molecule has 1 aliphatic rings. The van der Waals surface area contributed by atoms with Gasteiger partial charge < -0.3 is 5.32 Å². The lowest BCUT2D eigenvalue weighted by atomic mass is 10.3. The maximum atomic E-state index is 11.7. The number of halogens is 2. The van der Waals surface area contributed by atoms with E-state index >= 15 is 0 Å². The molecule has 1 saturated carbocycles. The average Bonchev–Trinajstić information content (AvgIpc) is 2.99. The predicted molar refractivity (Wildman–Crippen MR) is 62.1 cm³/mol. The van der Waals surface area contributed by atoms with E-state index in [0.29, 0.717) is 11.6 Å². The van der Waals surface area contributed by atoms with Crippen LogP contribution in [0.25, 0.3) is 0 Å². The summed E-state index contributed by atoms with van der Waals surface area (Å²) in [6.45, 7) is 0. The van der Waals surface area contributed by atoms with Crippen LogP contribution in [-0.2, 0) is 0 Å². The zero-order chi connectivity index (χ0) is 10.9. The molecule has 0 aliphatic heterocycles. The first-order valence-electron chi connectivity index (χ1n) is 4.65. The molecule has 1 N–H and O–H groups in total. The zero-order valence-corrected chi connectivity index (χ0v) is 10.3. The molecule has 0 aromatic carbocycles. The largest absolute Gasteiger partial charge is 0.344 e. The van der Waals surface area contributed by atoms with E-state index in [1.807, 2.05) is 0 Å². The molecule has 1 aliphatic carbocycles. The fourth-order valence-electron chi connectivity index (χ4n) is 1.26. The van der Waals surface area contributed by atoms with Gasteiger partial charge in [0.05, 0.1) is 5.54 Å². The van der Waals surface area contributed by atoms with Gasteiger partial charge in [-0.15, -0.1) is 11.6 Å². The standard InChI is InChI=1S/C10H10BrClN2O/c11-7-1-2-8(13-5-7)9(15)14-10(6-12)3-4-10/h1-2,5H,3-4,6H2,(H,14,15). The Morgan fingerprint density at radius 3 is 2.80 bits per heavy atom. The van der Waals surface area contributed by atoms with Gasteiger partial charge in [-0.1, -0.05) is 0 Å². The number of aromatic nitrogens is 1. The van der Waals surface area contributed by atoms with Gasteiger partial charge in [-0.2, -0.15) is 0 Å². The molecule has 1 amide bonds. The molecule has 1 heterocycles. The number of carbonyl (C=O) groups excluding carboxylic acids is 1. The number of alkyl halides is 1. The summed E-state index contributed by atoms with van der Waals surface area (Å²) in [7, 11) is 0. The molecule has 1 fully saturated rings. The van der Waals surface area contributed by atoms with Crippen LogP contribution in [0.3, 0.4) is 0 Å². The lowest BCUT2D eigenvalue weighted by Crippen LogP contribution is -2.38. The molecule has 0 radical (unpaired) electrons. The Bertz CT molecular complexity index is 376. The highest BCUT2D eigenvalue weighted by atomic mass is 79.9. The van der Waals surface area contributed by atoms with Crippen LogP contribution < -0.4 is 5.32 Å². The summed E-state index contributed by atoms with van der Waals surface area (Å²) in [6.07, 6.45) is 3.52. The second-order valence-electron chi connectivity index (χ2n) is 3.73. The molecule has 80 valence electrons. The van der Waals surface area contributed by atoms with Crippen molar-refractivity contribution in [1.29, 1.82) is 0 Å². The van der Waals surface area contributed by atoms with Crippen LogP contribution in [0.2, 0.25) is 0 Å². The Hall–Kier alpha value is -0.610. The van der Waals surface area contributed by atoms with Crippen molar-refractivity contribution < 1.29 is 4.79 Å². The topological polar surface area (TPSA) is 42.0 Å². The Balaban J connectivity index is 2.05. The molecule has 2 rings (SSSR count). The Morgan fingerprint density at radius 2 is 2.33 bits per heavy atom. The van der Waals surface area contributed by atoms with Crippen molar-refractivity contribution in [3.8, 4) is 0 Å². The monoisotopic (exact) mass is 288 g/mol. The molecule has 5 heteroatoms. The number of hydrogen-bond acceptors (Lipinski definition) is 2. The minimum Gasteiger partial charge on any atom is -0.344 e. The zero-order valence-electron chi connectivity index (χ0n) is 7.96. The van der Waals surface area contributed by atoms with Gasteiger partial charge >= 0.3 is 0 Å². The van der Waals surface area contributed by atoms with E-state index in [-0.39, 0.29) is 11.4 Å². The third kappa shape index (κ3) is 2.49. The van der Waals surface area contributed by atoms with Crippen molar-refractivity contribution in [2.24, 2.45) is 0 Å². The summed E-state index contributed by atoms with van der Waals surface area (Å²) < 4.78 is 0.859. The molecule has 3 nitrogen and oxygen atoms in total. The van der Waals surface area contributed by atoms with Crippen molar-refractivity contribution >= 4 is 33.4 Å². The fraction of sp³-hybridized carbons (Fsp3) is 0.400. The highest BCUT2D eigenvalue weighted by molar-refractivity contribution is 9.10. The number of rotatable bonds is 3. The number of hydrogen-bond donors (Lipinski definition) is 1. The van der Waals surface area contributed by atoms with E-state index in [1.165, 1.54) is 0 Å². The van der Waals surface area contributed by atoms with Crippen molar-refractivity contribution in [3.63, 3.8) is 0 Å². The first-order chi connectivity index (χ1) is 7.15. The Morgan fingerprint density at radius 1 is 1.60 bits per heavy atom. The lowest BCUT2D eigenvalue weighted by Gasteiger charge is -2.13. The lowest BCUT2D eigenvalue weighted by molar-refractivity contribution is 0.0931. The van der Waals surface area contributed by atoms with Crippen LogP contribution in [0.15, 0.2) is 22.8 Å². The number of nitrogens with zero attached hydrogens (tertiary/aromatic N) is 1. The SMILES string of the molecule is O=C(NC1(CCl)CC1)c1ccc(Br)cn1. The van der Waals surface area contributed by atoms with E-state index in [0.717, 1.165) is 17.3 Å². The summed E-state index contributed by atoms with van der Waals surface area (Å²) in [4.78, 5) is 15.7. The molecule has 0 unspecified atom stereocenters. The quantitative estimate of drug-likeness (QED) is 0.868. The number of nitrogens with one attached hydrogen (secondary N) is 1. The normalized spacial score (nSPS) is 17.2. The maximum absolute atomic E-state index is 11.7. The minimum absolute atomic E-state index is 0.152. The molecule has 15 heavy (non-hydrogen) atoms. The van der Waals surface area contributed by atoms with E-state index < -0.39 is 0 Å². The van der Waals surface area contributed by atoms with E-state index in [1.54, 1.807) is 18.3 Å². The fourth-order valence-corrected chi connectivity index (χ4v) is 1.83. The molecular weight excluding hydrogens is 279 g/mol. The van der Waals surface area contributed by atoms with Gasteiger partial charge in [0.25, 0.3) is 5.91 Å². The molecule has 1 aromatic rings. The smallest absolute Gasteiger partial charge is 0.270 e. The third-order valence-electron chi connectivity index (χ3n) is 2.45. The summed E-state index contributed by atoms with van der Waals surface area (Å²) in [5, 5.41) is 2.90. The van der Waals surface area contributed by atoms with E-state index in [2.05, 4.69) is 26.2 Å². The van der Waals surface area contributed by atoms with Crippen molar-refractivity contribution in [2.45, 2.75) is 18.4 Å². The van der Waals surface area contributed by atoms with Crippen LogP contribution in [-0.4, -0.2) is 22.3 Å². The first-order valence-corrected chi connectivity index (χ1v) is 5.98. The van der Waals surface area contributed by atoms with Crippen molar-refractivity contribution in [1.82, 2.24) is 10.3 Å². The van der Waals surface area contributed by atoms with Gasteiger partial charge in [-0.3, -0.25) is 4.79 Å². The second-order valence-corrected chi connectivity index (χ2v) is 4.91. The second kappa shape index (κ2) is 4.10. The molecular formula is C10H10BrClN2O. The van der Waals surface area contributed by atoms with Crippen molar-refractivity contribution in [2.75, 3.05) is 5.88 Å². The Labute approximate surface area is 101 Å². The molecule has 1 aromatic heterocycles. The van der Waals surface area contributed by atoms with Crippen LogP contribution >= 0.6 is 27.5 Å². The number of carbonyl (C=O) groups is 1. The van der Waals surface area contributed by atoms with Gasteiger partial charge in [0.1, 0.15) is 5.69 Å². The Kier molecular flexibility index (Phi) is 2.98. The van der Waals surface area contributed by atoms with Crippen LogP contribution in [0.5, 0.6) is 0 Å². The highest BCUT2D eigenvalue weighted by Gasteiger charge is 2.43. The summed E-state index contributed by atoms with van der Waals surface area (Å²) >= 11 is 9.04. The molecule has 0 saturated heterocycles. The molecule has 0 spiro atoms. The molecule has 0 bridgehead atoms. The maximum Gasteiger partial charge on any atom is 0.270 e. The minimum atomic E-state index is -0.173. The van der Waals surface area contributed by atoms with Crippen LogP contribution in [0.1, 0.15) is 23.3 Å². The third-order valence-corrected chi connectivity index (χ3v) is 3.43. The highest BCUT2D eigenvalue weighted by Crippen LogP contribution is 2.36. The first kappa shape index (κ1) is 10.9. The number of pyridine rings is 1. The summed E-state index contributed by atoms with van der Waals surface area (Å²) in [6, 6.07) is 3.48. The van der Waals surface area contributed by atoms with Gasteiger partial charge in [-0.05, 0) is 40.9 Å². The predicted octanol–water partition coefficient (Wildman–Crippen LogP) is 2.35. The van der Waals surface area contributed by atoms with Crippen LogP contribution in [0, 0.1) is 0 Å². The van der Waals surface area contributed by atoms with Gasteiger partial charge in [0, 0.05) is 16.5 Å². The molecule has 0 atom stereocenters. The number of amides is 1. The van der Waals surface area contributed by atoms with Crippen LogP contribution in [0.4, 0.5) is 0 Å². The summed E-state index contributed by atoms with van der Waals surface area (Å²) in [5.41, 5.74) is 0.252. The van der Waals surface area contributed by atoms with E-state index in [9.17, 15) is 4.79 Å². The van der Waals surface area contributed by atoms with Gasteiger partial charge in [0.2, 0.25) is 0 Å². The van der Waals surface area contributed by atoms with E-state index in [4.69, 9.17) is 11.6 Å². The van der Waals surface area contributed by atoms with Crippen molar-refractivity contribution in [3.05, 3.63) is 28.5 Å².